The predicted octanol–water partition coefficient (Wildman–Crippen LogP) is 6.75. The number of halogens is 3. The largest absolute Gasteiger partial charge is 0.434 e. The molecule has 8 nitrogen and oxygen atoms in total. The van der Waals surface area contributed by atoms with Gasteiger partial charge in [-0.05, 0) is 68.1 Å². The number of aromatic nitrogens is 4. The van der Waals surface area contributed by atoms with E-state index in [1.807, 2.05) is 24.0 Å². The van der Waals surface area contributed by atoms with E-state index in [1.165, 1.54) is 18.3 Å². The van der Waals surface area contributed by atoms with E-state index >= 15 is 0 Å². The summed E-state index contributed by atoms with van der Waals surface area (Å²) in [6.07, 6.45) is 5.35. The number of nitrogens with one attached hydrogen (secondary N) is 2. The van der Waals surface area contributed by atoms with E-state index in [-0.39, 0.29) is 22.9 Å². The Balaban J connectivity index is 0.000000343. The molecule has 0 fully saturated rings. The second-order valence-electron chi connectivity index (χ2n) is 10.5. The van der Waals surface area contributed by atoms with E-state index in [2.05, 4.69) is 51.0 Å². The number of carbonyl (C=O) groups excluding carboxylic acids is 1. The summed E-state index contributed by atoms with van der Waals surface area (Å²) in [4.78, 5) is 21.6. The van der Waals surface area contributed by atoms with Crippen LogP contribution in [-0.2, 0) is 11.3 Å². The van der Waals surface area contributed by atoms with Crippen LogP contribution in [0.3, 0.4) is 0 Å². The van der Waals surface area contributed by atoms with Gasteiger partial charge in [0.1, 0.15) is 17.3 Å². The molecule has 0 aliphatic carbocycles. The van der Waals surface area contributed by atoms with E-state index < -0.39 is 12.4 Å². The molecule has 0 unspecified atom stereocenters. The van der Waals surface area contributed by atoms with Gasteiger partial charge in [-0.15, -0.1) is 0 Å². The highest BCUT2D eigenvalue weighted by atomic mass is 19.3. The molecule has 3 aromatic heterocycles. The molecule has 42 heavy (non-hydrogen) atoms. The fraction of sp³-hybridized carbons (Fsp3) is 0.419. The molecule has 4 rings (SSSR count). The Bertz CT molecular complexity index is 1460. The van der Waals surface area contributed by atoms with Crippen LogP contribution in [0, 0.1) is 18.7 Å². The number of aryl methyl sites for hydroxylation is 1. The van der Waals surface area contributed by atoms with E-state index in [1.54, 1.807) is 26.2 Å². The average Bonchev–Trinajstić information content (AvgIpc) is 3.34. The lowest BCUT2D eigenvalue weighted by atomic mass is 10.0. The molecule has 0 aliphatic heterocycles. The van der Waals surface area contributed by atoms with Crippen LogP contribution in [0.4, 0.5) is 13.2 Å². The SMILES string of the molecule is CCCN(CCC(C)C)C(C)=O.CNCc1cc(F)c(-c2cc3c(-c4ccc(C)cn4)n[nH]c3cn2)c(OC(F)F)c1. The van der Waals surface area contributed by atoms with E-state index in [0.717, 1.165) is 31.5 Å². The number of ether oxygens (including phenoxy) is 1. The van der Waals surface area contributed by atoms with Crippen molar-refractivity contribution in [1.29, 1.82) is 0 Å². The van der Waals surface area contributed by atoms with Gasteiger partial charge in [0.15, 0.2) is 0 Å². The molecule has 1 aromatic carbocycles. The molecule has 0 bridgehead atoms. The van der Waals surface area contributed by atoms with Gasteiger partial charge in [-0.25, -0.2) is 4.39 Å². The molecule has 1 amide bonds. The number of rotatable bonds is 11. The number of pyridine rings is 2. The Labute approximate surface area is 244 Å². The Morgan fingerprint density at radius 1 is 1.10 bits per heavy atom. The van der Waals surface area contributed by atoms with Crippen LogP contribution in [-0.4, -0.2) is 57.7 Å². The van der Waals surface area contributed by atoms with Crippen LogP contribution in [0.25, 0.3) is 33.5 Å². The monoisotopic (exact) mass is 584 g/mol. The molecule has 0 atom stereocenters. The summed E-state index contributed by atoms with van der Waals surface area (Å²) in [5, 5.41) is 10.6. The molecular weight excluding hydrogens is 545 g/mol. The molecule has 2 N–H and O–H groups in total. The third kappa shape index (κ3) is 8.75. The zero-order valence-electron chi connectivity index (χ0n) is 25.0. The number of hydrogen-bond acceptors (Lipinski definition) is 6. The molecule has 11 heteroatoms. The van der Waals surface area contributed by atoms with Gasteiger partial charge in [-0.1, -0.05) is 26.8 Å². The molecule has 0 saturated heterocycles. The minimum atomic E-state index is -3.10. The van der Waals surface area contributed by atoms with Crippen molar-refractivity contribution in [2.75, 3.05) is 20.1 Å². The first kappa shape index (κ1) is 32.5. The number of nitrogens with zero attached hydrogens (tertiary/aromatic N) is 4. The summed E-state index contributed by atoms with van der Waals surface area (Å²) < 4.78 is 45.5. The smallest absolute Gasteiger partial charge is 0.387 e. The van der Waals surface area contributed by atoms with Crippen LogP contribution in [0.2, 0.25) is 0 Å². The lowest BCUT2D eigenvalue weighted by molar-refractivity contribution is -0.129. The summed E-state index contributed by atoms with van der Waals surface area (Å²) >= 11 is 0. The zero-order valence-corrected chi connectivity index (χ0v) is 25.0. The number of alkyl halides is 2. The Morgan fingerprint density at radius 2 is 1.83 bits per heavy atom. The highest BCUT2D eigenvalue weighted by molar-refractivity contribution is 5.94. The van der Waals surface area contributed by atoms with Crippen molar-refractivity contribution in [3.63, 3.8) is 0 Å². The summed E-state index contributed by atoms with van der Waals surface area (Å²) in [6.45, 7) is 9.07. The van der Waals surface area contributed by atoms with Gasteiger partial charge >= 0.3 is 6.61 Å². The maximum atomic E-state index is 14.9. The quantitative estimate of drug-likeness (QED) is 0.203. The molecule has 0 saturated carbocycles. The lowest BCUT2D eigenvalue weighted by Gasteiger charge is -2.21. The number of hydrogen-bond donors (Lipinski definition) is 2. The van der Waals surface area contributed by atoms with Gasteiger partial charge in [0, 0.05) is 38.1 Å². The standard InChI is InChI=1S/C21H18F3N5O.C10H21NO/c1-11-3-4-15(26-8-11)20-13-7-16(27-10-17(13)28-29-20)19-14(22)5-12(9-25-2)6-18(19)30-21(23)24;1-5-7-11(10(4)12)8-6-9(2)3/h3-8,10,21,25H,9H2,1-2H3,(H,28,29);9H,5-8H2,1-4H3. The molecule has 0 spiro atoms. The van der Waals surface area contributed by atoms with E-state index in [9.17, 15) is 18.0 Å². The first-order chi connectivity index (χ1) is 20.0. The van der Waals surface area contributed by atoms with Gasteiger partial charge in [0.25, 0.3) is 0 Å². The fourth-order valence-corrected chi connectivity index (χ4v) is 4.35. The summed E-state index contributed by atoms with van der Waals surface area (Å²) in [7, 11) is 1.68. The lowest BCUT2D eigenvalue weighted by Crippen LogP contribution is -2.31. The normalized spacial score (nSPS) is 11.1. The summed E-state index contributed by atoms with van der Waals surface area (Å²) in [5.41, 5.74) is 3.28. The zero-order chi connectivity index (χ0) is 30.8. The van der Waals surface area contributed by atoms with Gasteiger partial charge in [0.2, 0.25) is 5.91 Å². The molecule has 226 valence electrons. The minimum absolute atomic E-state index is 0.138. The van der Waals surface area contributed by atoms with E-state index in [0.29, 0.717) is 40.3 Å². The van der Waals surface area contributed by atoms with Crippen LogP contribution in [0.5, 0.6) is 5.75 Å². The molecular formula is C31H39F3N6O2. The van der Waals surface area contributed by atoms with Crippen molar-refractivity contribution < 1.29 is 22.7 Å². The van der Waals surface area contributed by atoms with Gasteiger partial charge < -0.3 is 15.0 Å². The first-order valence-corrected chi connectivity index (χ1v) is 14.0. The van der Waals surface area contributed by atoms with Crippen LogP contribution < -0.4 is 10.1 Å². The average molecular weight is 585 g/mol. The molecule has 0 aliphatic rings. The topological polar surface area (TPSA) is 96.0 Å². The highest BCUT2D eigenvalue weighted by Crippen LogP contribution is 2.36. The van der Waals surface area contributed by atoms with Gasteiger partial charge in [-0.2, -0.15) is 13.9 Å². The maximum absolute atomic E-state index is 14.9. The Morgan fingerprint density at radius 3 is 2.43 bits per heavy atom. The van der Waals surface area contributed by atoms with Crippen molar-refractivity contribution in [2.24, 2.45) is 5.92 Å². The van der Waals surface area contributed by atoms with Crippen molar-refractivity contribution in [3.8, 4) is 28.4 Å². The van der Waals surface area contributed by atoms with Crippen LogP contribution in [0.1, 0.15) is 51.7 Å². The number of H-pyrrole nitrogens is 1. The fourth-order valence-electron chi connectivity index (χ4n) is 4.35. The van der Waals surface area contributed by atoms with Crippen molar-refractivity contribution >= 4 is 16.8 Å². The number of benzene rings is 1. The molecule has 4 aromatic rings. The third-order valence-corrected chi connectivity index (χ3v) is 6.48. The minimum Gasteiger partial charge on any atom is -0.434 e. The summed E-state index contributed by atoms with van der Waals surface area (Å²) in [6, 6.07) is 7.96. The molecule has 3 heterocycles. The number of fused-ring (bicyclic) bond motifs is 1. The Hall–Kier alpha value is -3.99. The van der Waals surface area contributed by atoms with Crippen molar-refractivity contribution in [2.45, 2.75) is 60.6 Å². The first-order valence-electron chi connectivity index (χ1n) is 14.0. The second-order valence-corrected chi connectivity index (χ2v) is 10.5. The number of carbonyl (C=O) groups is 1. The van der Waals surface area contributed by atoms with Crippen LogP contribution in [0.15, 0.2) is 42.7 Å². The van der Waals surface area contributed by atoms with Crippen molar-refractivity contribution in [1.82, 2.24) is 30.4 Å². The maximum Gasteiger partial charge on any atom is 0.387 e. The molecule has 0 radical (unpaired) electrons. The highest BCUT2D eigenvalue weighted by Gasteiger charge is 2.20. The predicted molar refractivity (Wildman–Crippen MR) is 159 cm³/mol. The Kier molecular flexibility index (Phi) is 11.8. The third-order valence-electron chi connectivity index (χ3n) is 6.48. The van der Waals surface area contributed by atoms with E-state index in [4.69, 9.17) is 0 Å². The number of amides is 1. The van der Waals surface area contributed by atoms with Crippen molar-refractivity contribution in [3.05, 3.63) is 59.7 Å². The van der Waals surface area contributed by atoms with Gasteiger partial charge in [-0.3, -0.25) is 19.9 Å². The number of aromatic amines is 1. The van der Waals surface area contributed by atoms with Gasteiger partial charge in [0.05, 0.1) is 28.7 Å². The van der Waals surface area contributed by atoms with Crippen LogP contribution >= 0.6 is 0 Å². The second kappa shape index (κ2) is 15.3. The summed E-state index contributed by atoms with van der Waals surface area (Å²) in [5.74, 6) is -0.0921.